The van der Waals surface area contributed by atoms with Crippen molar-refractivity contribution in [1.29, 1.82) is 0 Å². The van der Waals surface area contributed by atoms with Crippen molar-refractivity contribution in [3.05, 3.63) is 48.4 Å². The number of carbonyl (C=O) groups excluding carboxylic acids is 1. The highest BCUT2D eigenvalue weighted by Crippen LogP contribution is 2.37. The van der Waals surface area contributed by atoms with Gasteiger partial charge in [-0.05, 0) is 61.3 Å². The maximum absolute atomic E-state index is 13.0. The summed E-state index contributed by atoms with van der Waals surface area (Å²) in [4.78, 5) is 23.4. The molecule has 2 aromatic rings. The minimum absolute atomic E-state index is 0.0433. The quantitative estimate of drug-likeness (QED) is 0.860. The van der Waals surface area contributed by atoms with Crippen LogP contribution in [-0.2, 0) is 0 Å². The first kappa shape index (κ1) is 19.3. The van der Waals surface area contributed by atoms with Crippen LogP contribution >= 0.6 is 0 Å². The molecule has 1 N–H and O–H groups in total. The fourth-order valence-corrected chi connectivity index (χ4v) is 3.90. The molecule has 0 spiro atoms. The zero-order chi connectivity index (χ0) is 19.4. The summed E-state index contributed by atoms with van der Waals surface area (Å²) < 4.78 is 0. The van der Waals surface area contributed by atoms with E-state index in [1.54, 1.807) is 18.6 Å². The molecule has 1 amide bonds. The Kier molecular flexibility index (Phi) is 5.78. The van der Waals surface area contributed by atoms with Crippen LogP contribution in [-0.4, -0.2) is 29.0 Å². The maximum Gasteiger partial charge on any atom is 0.255 e. The molecule has 5 heteroatoms. The molecule has 2 heterocycles. The van der Waals surface area contributed by atoms with E-state index in [1.165, 1.54) is 12.8 Å². The van der Waals surface area contributed by atoms with Crippen LogP contribution in [0.2, 0.25) is 0 Å². The summed E-state index contributed by atoms with van der Waals surface area (Å²) >= 11 is 0. The minimum Gasteiger partial charge on any atom is -0.349 e. The first-order chi connectivity index (χ1) is 12.9. The van der Waals surface area contributed by atoms with E-state index in [0.717, 1.165) is 24.4 Å². The van der Waals surface area contributed by atoms with Crippen LogP contribution in [0.5, 0.6) is 0 Å². The lowest BCUT2D eigenvalue weighted by Crippen LogP contribution is -2.40. The Bertz CT molecular complexity index is 761. The zero-order valence-corrected chi connectivity index (χ0v) is 16.8. The standard InChI is InChI=1S/C22H30N4O/c1-22(2,3)16-7-9-17(10-8-16)25-21(27)19-6-5-13-24-20(19)26(4)18-11-14-23-15-12-18/h5-6,11-17H,7-10H2,1-4H3,(H,25,27). The third kappa shape index (κ3) is 4.65. The lowest BCUT2D eigenvalue weighted by molar-refractivity contribution is 0.0904. The Morgan fingerprint density at radius 3 is 2.37 bits per heavy atom. The second-order valence-corrected chi connectivity index (χ2v) is 8.53. The summed E-state index contributed by atoms with van der Waals surface area (Å²) in [5, 5.41) is 3.24. The zero-order valence-electron chi connectivity index (χ0n) is 16.8. The second-order valence-electron chi connectivity index (χ2n) is 8.53. The number of anilines is 2. The highest BCUT2D eigenvalue weighted by molar-refractivity contribution is 5.99. The van der Waals surface area contributed by atoms with Gasteiger partial charge in [0, 0.05) is 37.4 Å². The van der Waals surface area contributed by atoms with Gasteiger partial charge in [-0.2, -0.15) is 0 Å². The van der Waals surface area contributed by atoms with Crippen molar-refractivity contribution in [3.63, 3.8) is 0 Å². The van der Waals surface area contributed by atoms with Gasteiger partial charge in [0.15, 0.2) is 0 Å². The number of nitrogens with one attached hydrogen (secondary N) is 1. The Morgan fingerprint density at radius 2 is 1.74 bits per heavy atom. The van der Waals surface area contributed by atoms with Crippen LogP contribution in [0, 0.1) is 11.3 Å². The monoisotopic (exact) mass is 366 g/mol. The number of hydrogen-bond donors (Lipinski definition) is 1. The molecule has 1 aliphatic rings. The van der Waals surface area contributed by atoms with Crippen molar-refractivity contribution in [3.8, 4) is 0 Å². The number of amides is 1. The van der Waals surface area contributed by atoms with Gasteiger partial charge in [0.05, 0.1) is 5.56 Å². The number of carbonyl (C=O) groups is 1. The van der Waals surface area contributed by atoms with Crippen molar-refractivity contribution in [2.45, 2.75) is 52.5 Å². The van der Waals surface area contributed by atoms with Crippen molar-refractivity contribution in [1.82, 2.24) is 15.3 Å². The summed E-state index contributed by atoms with van der Waals surface area (Å²) in [6, 6.07) is 7.72. The van der Waals surface area contributed by atoms with Crippen LogP contribution < -0.4 is 10.2 Å². The van der Waals surface area contributed by atoms with E-state index < -0.39 is 0 Å². The largest absolute Gasteiger partial charge is 0.349 e. The maximum atomic E-state index is 13.0. The van der Waals surface area contributed by atoms with Gasteiger partial charge in [-0.25, -0.2) is 4.98 Å². The molecule has 2 aromatic heterocycles. The van der Waals surface area contributed by atoms with Crippen molar-refractivity contribution < 1.29 is 4.79 Å². The third-order valence-corrected chi connectivity index (χ3v) is 5.69. The van der Waals surface area contributed by atoms with Gasteiger partial charge < -0.3 is 10.2 Å². The van der Waals surface area contributed by atoms with Crippen molar-refractivity contribution >= 4 is 17.4 Å². The topological polar surface area (TPSA) is 58.1 Å². The predicted molar refractivity (Wildman–Crippen MR) is 109 cm³/mol. The fraction of sp³-hybridized carbons (Fsp3) is 0.500. The molecule has 144 valence electrons. The Labute approximate surface area is 162 Å². The summed E-state index contributed by atoms with van der Waals surface area (Å²) in [6.45, 7) is 6.94. The number of rotatable bonds is 4. The smallest absolute Gasteiger partial charge is 0.255 e. The Balaban J connectivity index is 1.70. The van der Waals surface area contributed by atoms with Crippen LogP contribution in [0.25, 0.3) is 0 Å². The van der Waals surface area contributed by atoms with Gasteiger partial charge in [-0.1, -0.05) is 20.8 Å². The first-order valence-corrected chi connectivity index (χ1v) is 9.76. The predicted octanol–water partition coefficient (Wildman–Crippen LogP) is 4.58. The van der Waals surface area contributed by atoms with E-state index in [0.29, 0.717) is 16.8 Å². The molecule has 0 unspecified atom stereocenters. The molecule has 0 aliphatic heterocycles. The first-order valence-electron chi connectivity index (χ1n) is 9.76. The average molecular weight is 367 g/mol. The van der Waals surface area contributed by atoms with Gasteiger partial charge in [0.2, 0.25) is 0 Å². The molecule has 0 aromatic carbocycles. The van der Waals surface area contributed by atoms with Crippen LogP contribution in [0.15, 0.2) is 42.9 Å². The molecule has 0 atom stereocenters. The van der Waals surface area contributed by atoms with E-state index in [4.69, 9.17) is 0 Å². The fourth-order valence-electron chi connectivity index (χ4n) is 3.90. The summed E-state index contributed by atoms with van der Waals surface area (Å²) in [7, 11) is 1.92. The lowest BCUT2D eigenvalue weighted by atomic mass is 9.71. The minimum atomic E-state index is -0.0433. The van der Waals surface area contributed by atoms with Crippen LogP contribution in [0.3, 0.4) is 0 Å². The van der Waals surface area contributed by atoms with Crippen LogP contribution in [0.1, 0.15) is 56.8 Å². The molecular formula is C22H30N4O. The summed E-state index contributed by atoms with van der Waals surface area (Å²) in [5.41, 5.74) is 1.90. The Hall–Kier alpha value is -2.43. The number of aromatic nitrogens is 2. The SMILES string of the molecule is CN(c1ccncc1)c1ncccc1C(=O)NC1CCC(C(C)(C)C)CC1. The van der Waals surface area contributed by atoms with E-state index in [2.05, 4.69) is 36.1 Å². The molecule has 5 nitrogen and oxygen atoms in total. The van der Waals surface area contributed by atoms with Crippen molar-refractivity contribution in [2.24, 2.45) is 11.3 Å². The van der Waals surface area contributed by atoms with Crippen LogP contribution in [0.4, 0.5) is 11.5 Å². The van der Waals surface area contributed by atoms with E-state index in [-0.39, 0.29) is 11.9 Å². The van der Waals surface area contributed by atoms with Gasteiger partial charge in [-0.3, -0.25) is 9.78 Å². The number of nitrogens with zero attached hydrogens (tertiary/aromatic N) is 3. The molecule has 0 bridgehead atoms. The lowest BCUT2D eigenvalue weighted by Gasteiger charge is -2.37. The molecule has 27 heavy (non-hydrogen) atoms. The molecular weight excluding hydrogens is 336 g/mol. The van der Waals surface area contributed by atoms with Crippen molar-refractivity contribution in [2.75, 3.05) is 11.9 Å². The normalized spacial score (nSPS) is 20.1. The molecule has 0 radical (unpaired) electrons. The van der Waals surface area contributed by atoms with E-state index in [1.807, 2.05) is 36.2 Å². The molecule has 1 fully saturated rings. The number of hydrogen-bond acceptors (Lipinski definition) is 4. The summed E-state index contributed by atoms with van der Waals surface area (Å²) in [5.74, 6) is 1.35. The highest BCUT2D eigenvalue weighted by Gasteiger charge is 2.30. The average Bonchev–Trinajstić information content (AvgIpc) is 2.68. The van der Waals surface area contributed by atoms with Gasteiger partial charge in [-0.15, -0.1) is 0 Å². The highest BCUT2D eigenvalue weighted by atomic mass is 16.1. The third-order valence-electron chi connectivity index (χ3n) is 5.69. The molecule has 1 saturated carbocycles. The Morgan fingerprint density at radius 1 is 1.07 bits per heavy atom. The second kappa shape index (κ2) is 8.07. The van der Waals surface area contributed by atoms with Gasteiger partial charge >= 0.3 is 0 Å². The summed E-state index contributed by atoms with van der Waals surface area (Å²) in [6.07, 6.45) is 9.63. The molecule has 3 rings (SSSR count). The van der Waals surface area contributed by atoms with Gasteiger partial charge in [0.1, 0.15) is 5.82 Å². The number of pyridine rings is 2. The van der Waals surface area contributed by atoms with E-state index in [9.17, 15) is 4.79 Å². The van der Waals surface area contributed by atoms with E-state index >= 15 is 0 Å². The molecule has 1 aliphatic carbocycles. The van der Waals surface area contributed by atoms with Gasteiger partial charge in [0.25, 0.3) is 5.91 Å². The molecule has 0 saturated heterocycles.